The molecule has 1 aromatic carbocycles. The molecule has 0 radical (unpaired) electrons. The molecule has 176 valence electrons. The van der Waals surface area contributed by atoms with Gasteiger partial charge in [0, 0.05) is 13.0 Å². The van der Waals surface area contributed by atoms with Gasteiger partial charge in [0.1, 0.15) is 11.4 Å². The van der Waals surface area contributed by atoms with E-state index in [4.69, 9.17) is 14.2 Å². The van der Waals surface area contributed by atoms with Crippen LogP contribution < -0.4 is 5.32 Å². The molecule has 5 fully saturated rings. The maximum absolute atomic E-state index is 13.1. The Labute approximate surface area is 190 Å². The lowest BCUT2D eigenvalue weighted by atomic mass is 9.57. The molecule has 1 unspecified atom stereocenters. The van der Waals surface area contributed by atoms with E-state index >= 15 is 0 Å². The van der Waals surface area contributed by atoms with Gasteiger partial charge in [-0.1, -0.05) is 26.0 Å². The summed E-state index contributed by atoms with van der Waals surface area (Å²) in [6.45, 7) is 7.83. The summed E-state index contributed by atoms with van der Waals surface area (Å²) in [5.74, 6) is 1.52. The van der Waals surface area contributed by atoms with Crippen LogP contribution in [-0.4, -0.2) is 36.1 Å². The first-order valence-electron chi connectivity index (χ1n) is 12.3. The van der Waals surface area contributed by atoms with Crippen LogP contribution in [0.2, 0.25) is 0 Å². The number of fused-ring (bicyclic) bond motifs is 2. The molecule has 1 amide bonds. The monoisotopic (exact) mass is 445 g/mol. The third-order valence-corrected chi connectivity index (χ3v) is 8.73. The number of rotatable bonds is 5. The van der Waals surface area contributed by atoms with Crippen LogP contribution in [0, 0.1) is 29.5 Å². The van der Waals surface area contributed by atoms with Crippen LogP contribution in [0.4, 0.5) is 4.39 Å². The van der Waals surface area contributed by atoms with E-state index in [-0.39, 0.29) is 35.3 Å². The van der Waals surface area contributed by atoms with E-state index in [9.17, 15) is 9.18 Å². The normalized spacial score (nSPS) is 42.8. The Morgan fingerprint density at radius 2 is 1.94 bits per heavy atom. The topological polar surface area (TPSA) is 56.8 Å². The Kier molecular flexibility index (Phi) is 5.83. The predicted octanol–water partition coefficient (Wildman–Crippen LogP) is 4.58. The molecular formula is C26H36FNO4. The summed E-state index contributed by atoms with van der Waals surface area (Å²) in [4.78, 5) is 12.5. The van der Waals surface area contributed by atoms with E-state index in [1.54, 1.807) is 12.1 Å². The summed E-state index contributed by atoms with van der Waals surface area (Å²) >= 11 is 0. The maximum Gasteiger partial charge on any atom is 0.220 e. The minimum absolute atomic E-state index is 0.00734. The Morgan fingerprint density at radius 1 is 1.16 bits per heavy atom. The van der Waals surface area contributed by atoms with E-state index in [0.717, 1.165) is 24.8 Å². The van der Waals surface area contributed by atoms with Crippen molar-refractivity contribution in [1.82, 2.24) is 5.32 Å². The van der Waals surface area contributed by atoms with Crippen molar-refractivity contribution >= 4 is 5.91 Å². The lowest BCUT2D eigenvalue weighted by molar-refractivity contribution is -0.405. The van der Waals surface area contributed by atoms with Gasteiger partial charge in [-0.15, -0.1) is 0 Å². The Balaban J connectivity index is 1.25. The zero-order chi connectivity index (χ0) is 22.5. The lowest BCUT2D eigenvalue weighted by Gasteiger charge is -2.62. The largest absolute Gasteiger partial charge is 0.366 e. The summed E-state index contributed by atoms with van der Waals surface area (Å²) in [5, 5.41) is 2.95. The summed E-state index contributed by atoms with van der Waals surface area (Å²) in [6, 6.07) is 6.22. The minimum atomic E-state index is -0.343. The third-order valence-electron chi connectivity index (χ3n) is 8.73. The summed E-state index contributed by atoms with van der Waals surface area (Å²) in [7, 11) is 0. The number of amides is 1. The molecule has 6 heteroatoms. The summed E-state index contributed by atoms with van der Waals surface area (Å²) in [6.07, 6.45) is 5.21. The molecule has 4 heterocycles. The maximum atomic E-state index is 13.1. The van der Waals surface area contributed by atoms with Crippen molar-refractivity contribution in [2.24, 2.45) is 23.7 Å². The van der Waals surface area contributed by atoms with Crippen molar-refractivity contribution in [1.29, 1.82) is 0 Å². The number of carbonyl (C=O) groups is 1. The van der Waals surface area contributed by atoms with Crippen LogP contribution >= 0.6 is 0 Å². The highest BCUT2D eigenvalue weighted by atomic mass is 19.1. The number of benzene rings is 1. The molecule has 1 spiro atoms. The van der Waals surface area contributed by atoms with E-state index < -0.39 is 0 Å². The van der Waals surface area contributed by atoms with Gasteiger partial charge in [0.05, 0.1) is 18.3 Å². The molecule has 4 saturated heterocycles. The zero-order valence-corrected chi connectivity index (χ0v) is 19.4. The van der Waals surface area contributed by atoms with Gasteiger partial charge in [-0.2, -0.15) is 0 Å². The molecule has 1 aromatic rings. The standard InChI is InChI=1S/C26H36FNO4/c1-16-4-9-21-17(2)22(10-11-23(29)28-14-18-5-7-19(27)8-6-18)31-24-26(21)20(16)12-13-25(3,32-24)15-30-26/h5-8,16-17,20-22,24H,4,9-15H2,1-3H3,(H,28,29)/t16-,17-,20+,21+,22-,24-,25-,26?/m1/s1. The van der Waals surface area contributed by atoms with E-state index in [0.29, 0.717) is 49.7 Å². The molecule has 2 bridgehead atoms. The zero-order valence-electron chi connectivity index (χ0n) is 19.4. The van der Waals surface area contributed by atoms with Gasteiger partial charge in [-0.25, -0.2) is 4.39 Å². The first-order chi connectivity index (χ1) is 15.3. The van der Waals surface area contributed by atoms with Crippen molar-refractivity contribution in [2.45, 2.75) is 89.4 Å². The van der Waals surface area contributed by atoms with Gasteiger partial charge in [0.2, 0.25) is 5.91 Å². The number of hydrogen-bond acceptors (Lipinski definition) is 4. The van der Waals surface area contributed by atoms with Gasteiger partial charge >= 0.3 is 0 Å². The van der Waals surface area contributed by atoms with Crippen molar-refractivity contribution in [2.75, 3.05) is 6.61 Å². The molecular weight excluding hydrogens is 409 g/mol. The number of carbonyl (C=O) groups excluding carboxylic acids is 1. The van der Waals surface area contributed by atoms with Crippen LogP contribution in [0.5, 0.6) is 0 Å². The van der Waals surface area contributed by atoms with E-state index in [1.807, 2.05) is 0 Å². The van der Waals surface area contributed by atoms with Gasteiger partial charge in [0.15, 0.2) is 6.29 Å². The fourth-order valence-electron chi connectivity index (χ4n) is 6.83. The van der Waals surface area contributed by atoms with Crippen molar-refractivity contribution in [3.8, 4) is 0 Å². The average Bonchev–Trinajstić information content (AvgIpc) is 3.01. The van der Waals surface area contributed by atoms with Crippen LogP contribution in [-0.2, 0) is 25.5 Å². The smallest absolute Gasteiger partial charge is 0.220 e. The first kappa shape index (κ1) is 22.3. The minimum Gasteiger partial charge on any atom is -0.366 e. The van der Waals surface area contributed by atoms with Crippen LogP contribution in [0.25, 0.3) is 0 Å². The van der Waals surface area contributed by atoms with E-state index in [1.165, 1.54) is 18.6 Å². The molecule has 32 heavy (non-hydrogen) atoms. The van der Waals surface area contributed by atoms with Gasteiger partial charge < -0.3 is 19.5 Å². The Morgan fingerprint density at radius 3 is 2.72 bits per heavy atom. The molecule has 1 saturated carbocycles. The van der Waals surface area contributed by atoms with E-state index in [2.05, 4.69) is 26.1 Å². The molecule has 1 N–H and O–H groups in total. The average molecular weight is 446 g/mol. The molecule has 0 aromatic heterocycles. The number of halogens is 1. The molecule has 4 aliphatic heterocycles. The quantitative estimate of drug-likeness (QED) is 0.721. The number of hydrogen-bond donors (Lipinski definition) is 1. The Bertz CT molecular complexity index is 847. The SMILES string of the molecule is C[C@H]1[C@@H](CCC(=O)NCc2ccc(F)cc2)O[C@@H]2O[C@]3(C)CC[C@H]4[C@H](C)CC[C@@H]1C24OC3. The van der Waals surface area contributed by atoms with Crippen LogP contribution in [0.15, 0.2) is 24.3 Å². The second-order valence-corrected chi connectivity index (χ2v) is 10.8. The van der Waals surface area contributed by atoms with Gasteiger partial charge in [0.25, 0.3) is 0 Å². The first-order valence-corrected chi connectivity index (χ1v) is 12.3. The summed E-state index contributed by atoms with van der Waals surface area (Å²) < 4.78 is 33.0. The highest BCUT2D eigenvalue weighted by molar-refractivity contribution is 5.75. The summed E-state index contributed by atoms with van der Waals surface area (Å²) in [5.41, 5.74) is 0.267. The van der Waals surface area contributed by atoms with Crippen LogP contribution in [0.1, 0.15) is 64.9 Å². The van der Waals surface area contributed by atoms with Crippen molar-refractivity contribution in [3.63, 3.8) is 0 Å². The highest BCUT2D eigenvalue weighted by Gasteiger charge is 2.67. The Hall–Kier alpha value is -1.50. The fourth-order valence-corrected chi connectivity index (χ4v) is 6.83. The molecule has 6 rings (SSSR count). The second-order valence-electron chi connectivity index (χ2n) is 10.8. The molecule has 8 atom stereocenters. The highest BCUT2D eigenvalue weighted by Crippen LogP contribution is 2.60. The third kappa shape index (κ3) is 3.78. The van der Waals surface area contributed by atoms with Crippen molar-refractivity contribution in [3.05, 3.63) is 35.6 Å². The van der Waals surface area contributed by atoms with Gasteiger partial charge in [-0.3, -0.25) is 4.79 Å². The van der Waals surface area contributed by atoms with Gasteiger partial charge in [-0.05, 0) is 80.4 Å². The fraction of sp³-hybridized carbons (Fsp3) is 0.731. The lowest BCUT2D eigenvalue weighted by Crippen LogP contribution is -2.70. The molecule has 1 aliphatic carbocycles. The second kappa shape index (κ2) is 8.37. The molecule has 5 aliphatic rings. The van der Waals surface area contributed by atoms with Crippen molar-refractivity contribution < 1.29 is 23.4 Å². The number of ether oxygens (including phenoxy) is 3. The number of nitrogens with one attached hydrogen (secondary N) is 1. The predicted molar refractivity (Wildman–Crippen MR) is 118 cm³/mol. The van der Waals surface area contributed by atoms with Crippen LogP contribution in [0.3, 0.4) is 0 Å². The molecule has 5 nitrogen and oxygen atoms in total.